The van der Waals surface area contributed by atoms with Crippen LogP contribution < -0.4 is 5.73 Å². The molecule has 21 heavy (non-hydrogen) atoms. The topological polar surface area (TPSA) is 74.2 Å². The maximum Gasteiger partial charge on any atom is 0.261 e. The molecule has 0 bridgehead atoms. The maximum atomic E-state index is 13.9. The lowest BCUT2D eigenvalue weighted by Crippen LogP contribution is -2.32. The van der Waals surface area contributed by atoms with E-state index in [-0.39, 0.29) is 11.5 Å². The van der Waals surface area contributed by atoms with Gasteiger partial charge < -0.3 is 15.0 Å². The Balaban J connectivity index is 1.95. The van der Waals surface area contributed by atoms with E-state index >= 15 is 0 Å². The van der Waals surface area contributed by atoms with Crippen LogP contribution in [0.2, 0.25) is 0 Å². The SMILES string of the molecule is COC1(c2noc(-c3ccc(N)cc3F)n2)CCCCC1. The van der Waals surface area contributed by atoms with E-state index in [2.05, 4.69) is 10.1 Å². The van der Waals surface area contributed by atoms with Crippen LogP contribution in [0, 0.1) is 5.82 Å². The fourth-order valence-corrected chi connectivity index (χ4v) is 2.86. The van der Waals surface area contributed by atoms with E-state index in [1.807, 2.05) is 0 Å². The highest BCUT2D eigenvalue weighted by molar-refractivity contribution is 5.58. The molecule has 1 heterocycles. The Bertz CT molecular complexity index is 636. The molecule has 0 atom stereocenters. The van der Waals surface area contributed by atoms with Crippen LogP contribution in [0.3, 0.4) is 0 Å². The zero-order valence-corrected chi connectivity index (χ0v) is 11.9. The van der Waals surface area contributed by atoms with Gasteiger partial charge in [0.15, 0.2) is 0 Å². The van der Waals surface area contributed by atoms with Crippen LogP contribution in [-0.2, 0) is 10.3 Å². The summed E-state index contributed by atoms with van der Waals surface area (Å²) < 4.78 is 24.8. The molecule has 0 radical (unpaired) electrons. The van der Waals surface area contributed by atoms with Crippen molar-refractivity contribution in [3.8, 4) is 11.5 Å². The number of hydrogen-bond acceptors (Lipinski definition) is 5. The second kappa shape index (κ2) is 5.44. The van der Waals surface area contributed by atoms with Gasteiger partial charge in [-0.05, 0) is 31.0 Å². The number of hydrogen-bond donors (Lipinski definition) is 1. The summed E-state index contributed by atoms with van der Waals surface area (Å²) in [4.78, 5) is 4.35. The van der Waals surface area contributed by atoms with Crippen LogP contribution in [0.5, 0.6) is 0 Å². The smallest absolute Gasteiger partial charge is 0.261 e. The van der Waals surface area contributed by atoms with Crippen molar-refractivity contribution in [3.05, 3.63) is 29.8 Å². The Morgan fingerprint density at radius 1 is 1.29 bits per heavy atom. The van der Waals surface area contributed by atoms with Crippen molar-refractivity contribution in [1.29, 1.82) is 0 Å². The van der Waals surface area contributed by atoms with Gasteiger partial charge in [0.05, 0.1) is 5.56 Å². The number of anilines is 1. The van der Waals surface area contributed by atoms with Gasteiger partial charge in [-0.15, -0.1) is 0 Å². The van der Waals surface area contributed by atoms with Gasteiger partial charge in [0.25, 0.3) is 5.89 Å². The van der Waals surface area contributed by atoms with Crippen molar-refractivity contribution in [2.45, 2.75) is 37.7 Å². The Kier molecular flexibility index (Phi) is 3.63. The molecule has 1 saturated carbocycles. The summed E-state index contributed by atoms with van der Waals surface area (Å²) in [6.45, 7) is 0. The molecule has 2 N–H and O–H groups in total. The van der Waals surface area contributed by atoms with Crippen LogP contribution in [0.4, 0.5) is 10.1 Å². The predicted molar refractivity (Wildman–Crippen MR) is 75.9 cm³/mol. The highest BCUT2D eigenvalue weighted by Crippen LogP contribution is 2.39. The first-order chi connectivity index (χ1) is 10.1. The van der Waals surface area contributed by atoms with Gasteiger partial charge in [0.2, 0.25) is 5.82 Å². The van der Waals surface area contributed by atoms with Crippen molar-refractivity contribution >= 4 is 5.69 Å². The van der Waals surface area contributed by atoms with E-state index in [9.17, 15) is 4.39 Å². The number of nitrogen functional groups attached to an aromatic ring is 1. The molecule has 2 aromatic rings. The molecule has 1 aliphatic rings. The van der Waals surface area contributed by atoms with Gasteiger partial charge in [-0.2, -0.15) is 4.98 Å². The van der Waals surface area contributed by atoms with E-state index < -0.39 is 11.4 Å². The minimum Gasteiger partial charge on any atom is -0.399 e. The average molecular weight is 291 g/mol. The number of methoxy groups -OCH3 is 1. The van der Waals surface area contributed by atoms with Gasteiger partial charge in [-0.1, -0.05) is 24.4 Å². The third kappa shape index (κ3) is 2.51. The van der Waals surface area contributed by atoms with E-state index in [1.54, 1.807) is 19.2 Å². The first-order valence-electron chi connectivity index (χ1n) is 7.09. The molecule has 0 aliphatic heterocycles. The standard InChI is InChI=1S/C15H18FN3O2/c1-20-15(7-3-2-4-8-15)14-18-13(21-19-14)11-6-5-10(17)9-12(11)16/h5-6,9H,2-4,7-8,17H2,1H3. The minimum atomic E-state index is -0.510. The number of nitrogens with zero attached hydrogens (tertiary/aromatic N) is 2. The Labute approximate surface area is 122 Å². The van der Waals surface area contributed by atoms with E-state index in [0.717, 1.165) is 25.7 Å². The Morgan fingerprint density at radius 2 is 2.05 bits per heavy atom. The van der Waals surface area contributed by atoms with Gasteiger partial charge in [-0.25, -0.2) is 4.39 Å². The summed E-state index contributed by atoms with van der Waals surface area (Å²) in [7, 11) is 1.66. The predicted octanol–water partition coefficient (Wildman–Crippen LogP) is 3.26. The summed E-state index contributed by atoms with van der Waals surface area (Å²) >= 11 is 0. The number of ether oxygens (including phenoxy) is 1. The van der Waals surface area contributed by atoms with Gasteiger partial charge in [0, 0.05) is 12.8 Å². The van der Waals surface area contributed by atoms with Crippen LogP contribution in [0.25, 0.3) is 11.5 Å². The van der Waals surface area contributed by atoms with Gasteiger partial charge in [-0.3, -0.25) is 0 Å². The summed E-state index contributed by atoms with van der Waals surface area (Å²) in [5, 5.41) is 4.01. The molecule has 1 aliphatic carbocycles. The number of aromatic nitrogens is 2. The molecule has 1 aromatic carbocycles. The first kappa shape index (κ1) is 14.0. The molecule has 0 amide bonds. The maximum absolute atomic E-state index is 13.9. The lowest BCUT2D eigenvalue weighted by molar-refractivity contribution is -0.0527. The molecule has 3 rings (SSSR count). The molecule has 5 nitrogen and oxygen atoms in total. The second-order valence-electron chi connectivity index (χ2n) is 5.42. The lowest BCUT2D eigenvalue weighted by Gasteiger charge is -2.32. The van der Waals surface area contributed by atoms with Crippen LogP contribution in [0.15, 0.2) is 22.7 Å². The molecule has 0 spiro atoms. The molecular formula is C15H18FN3O2. The van der Waals surface area contributed by atoms with Crippen molar-refractivity contribution in [3.63, 3.8) is 0 Å². The first-order valence-corrected chi connectivity index (χ1v) is 7.09. The summed E-state index contributed by atoms with van der Waals surface area (Å²) in [5.41, 5.74) is 5.65. The minimum absolute atomic E-state index is 0.157. The number of benzene rings is 1. The van der Waals surface area contributed by atoms with Crippen molar-refractivity contribution < 1.29 is 13.7 Å². The van der Waals surface area contributed by atoms with Crippen LogP contribution in [0.1, 0.15) is 37.9 Å². The summed E-state index contributed by atoms with van der Waals surface area (Å²) in [5.74, 6) is 0.181. The summed E-state index contributed by atoms with van der Waals surface area (Å²) in [6.07, 6.45) is 5.02. The number of rotatable bonds is 3. The molecule has 0 saturated heterocycles. The third-order valence-corrected chi connectivity index (χ3v) is 4.11. The van der Waals surface area contributed by atoms with Gasteiger partial charge >= 0.3 is 0 Å². The quantitative estimate of drug-likeness (QED) is 0.878. The van der Waals surface area contributed by atoms with Crippen molar-refractivity contribution in [1.82, 2.24) is 10.1 Å². The van der Waals surface area contributed by atoms with Gasteiger partial charge in [0.1, 0.15) is 11.4 Å². The Hall–Kier alpha value is -1.95. The number of halogens is 1. The van der Waals surface area contributed by atoms with E-state index in [0.29, 0.717) is 11.5 Å². The fourth-order valence-electron chi connectivity index (χ4n) is 2.86. The van der Waals surface area contributed by atoms with E-state index in [4.69, 9.17) is 15.0 Å². The highest BCUT2D eigenvalue weighted by Gasteiger charge is 2.38. The zero-order valence-electron chi connectivity index (χ0n) is 11.9. The monoisotopic (exact) mass is 291 g/mol. The normalized spacial score (nSPS) is 17.8. The molecule has 112 valence electrons. The molecule has 1 fully saturated rings. The molecular weight excluding hydrogens is 273 g/mol. The highest BCUT2D eigenvalue weighted by atomic mass is 19.1. The van der Waals surface area contributed by atoms with Crippen molar-refractivity contribution in [2.75, 3.05) is 12.8 Å². The zero-order chi connectivity index (χ0) is 14.9. The molecule has 6 heteroatoms. The van der Waals surface area contributed by atoms with E-state index in [1.165, 1.54) is 12.5 Å². The van der Waals surface area contributed by atoms with Crippen molar-refractivity contribution in [2.24, 2.45) is 0 Å². The second-order valence-corrected chi connectivity index (χ2v) is 5.42. The molecule has 1 aromatic heterocycles. The summed E-state index contributed by atoms with van der Waals surface area (Å²) in [6, 6.07) is 4.39. The fraction of sp³-hybridized carbons (Fsp3) is 0.467. The molecule has 0 unspecified atom stereocenters. The number of nitrogens with two attached hydrogens (primary N) is 1. The lowest BCUT2D eigenvalue weighted by atomic mass is 9.84. The van der Waals surface area contributed by atoms with Crippen LogP contribution >= 0.6 is 0 Å². The largest absolute Gasteiger partial charge is 0.399 e. The van der Waals surface area contributed by atoms with Crippen LogP contribution in [-0.4, -0.2) is 17.3 Å². The third-order valence-electron chi connectivity index (χ3n) is 4.11. The Morgan fingerprint density at radius 3 is 2.71 bits per heavy atom. The average Bonchev–Trinajstić information content (AvgIpc) is 2.98.